The molecule has 1 N–H and O–H groups in total. The zero-order valence-corrected chi connectivity index (χ0v) is 15.1. The Bertz CT molecular complexity index is 715. The van der Waals surface area contributed by atoms with E-state index in [4.69, 9.17) is 11.6 Å². The fourth-order valence-electron chi connectivity index (χ4n) is 3.46. The van der Waals surface area contributed by atoms with Crippen molar-refractivity contribution in [3.05, 3.63) is 70.7 Å². The van der Waals surface area contributed by atoms with Crippen LogP contribution in [0.1, 0.15) is 24.1 Å². The quantitative estimate of drug-likeness (QED) is 0.888. The maximum absolute atomic E-state index is 11.2. The van der Waals surface area contributed by atoms with Gasteiger partial charge in [0.1, 0.15) is 6.04 Å². The van der Waals surface area contributed by atoms with Gasteiger partial charge in [-0.2, -0.15) is 0 Å². The Labute approximate surface area is 153 Å². The highest BCUT2D eigenvalue weighted by molar-refractivity contribution is 6.31. The summed E-state index contributed by atoms with van der Waals surface area (Å²) in [5, 5.41) is 9.99. The minimum atomic E-state index is -0.765. The Morgan fingerprint density at radius 1 is 0.960 bits per heavy atom. The monoisotopic (exact) mass is 358 g/mol. The lowest BCUT2D eigenvalue weighted by Gasteiger charge is -2.41. The minimum absolute atomic E-state index is 0.0807. The van der Waals surface area contributed by atoms with Crippen molar-refractivity contribution in [2.45, 2.75) is 19.0 Å². The number of halogens is 1. The highest BCUT2D eigenvalue weighted by Crippen LogP contribution is 2.33. The summed E-state index contributed by atoms with van der Waals surface area (Å²) in [5.41, 5.74) is 2.30. The maximum Gasteiger partial charge on any atom is 0.320 e. The molecule has 4 nitrogen and oxygen atoms in total. The Hall–Kier alpha value is -1.88. The molecule has 2 aromatic rings. The second-order valence-electron chi connectivity index (χ2n) is 6.42. The minimum Gasteiger partial charge on any atom is -0.480 e. The van der Waals surface area contributed by atoms with E-state index in [1.807, 2.05) is 41.3 Å². The number of hydrogen-bond acceptors (Lipinski definition) is 3. The fraction of sp³-hybridized carbons (Fsp3) is 0.350. The lowest BCUT2D eigenvalue weighted by molar-refractivity contribution is -0.143. The Kier molecular flexibility index (Phi) is 5.74. The molecule has 0 spiro atoms. The number of carbonyl (C=O) groups is 1. The summed E-state index contributed by atoms with van der Waals surface area (Å²) < 4.78 is 0. The molecule has 132 valence electrons. The molecule has 1 aliphatic rings. The van der Waals surface area contributed by atoms with E-state index in [0.29, 0.717) is 0 Å². The smallest absolute Gasteiger partial charge is 0.320 e. The van der Waals surface area contributed by atoms with Gasteiger partial charge >= 0.3 is 5.97 Å². The number of carboxylic acid groups (broad SMARTS) is 1. The standard InChI is InChI=1S/C20H23ClN2O2/c1-15(20(24)25)22-11-13-23(14-12-22)19(16-7-3-2-4-8-16)17-9-5-6-10-18(17)21/h2-10,15,19H,11-14H2,1H3,(H,24,25). The van der Waals surface area contributed by atoms with Gasteiger partial charge in [-0.1, -0.05) is 60.1 Å². The third-order valence-corrected chi connectivity index (χ3v) is 5.28. The molecule has 25 heavy (non-hydrogen) atoms. The molecule has 2 aromatic carbocycles. The molecule has 1 saturated heterocycles. The van der Waals surface area contributed by atoms with Crippen molar-refractivity contribution in [1.29, 1.82) is 0 Å². The Morgan fingerprint density at radius 2 is 1.52 bits per heavy atom. The van der Waals surface area contributed by atoms with Gasteiger partial charge in [-0.15, -0.1) is 0 Å². The van der Waals surface area contributed by atoms with Crippen LogP contribution in [0.15, 0.2) is 54.6 Å². The van der Waals surface area contributed by atoms with E-state index in [1.165, 1.54) is 5.56 Å². The molecule has 1 aliphatic heterocycles. The van der Waals surface area contributed by atoms with Gasteiger partial charge in [-0.3, -0.25) is 14.6 Å². The third-order valence-electron chi connectivity index (χ3n) is 4.93. The number of hydrogen-bond donors (Lipinski definition) is 1. The molecule has 1 heterocycles. The van der Waals surface area contributed by atoms with E-state index in [0.717, 1.165) is 36.8 Å². The van der Waals surface area contributed by atoms with E-state index < -0.39 is 12.0 Å². The van der Waals surface area contributed by atoms with Crippen molar-refractivity contribution < 1.29 is 9.90 Å². The van der Waals surface area contributed by atoms with Crippen molar-refractivity contribution in [3.63, 3.8) is 0 Å². The van der Waals surface area contributed by atoms with E-state index in [1.54, 1.807) is 6.92 Å². The van der Waals surface area contributed by atoms with Crippen LogP contribution in [0.25, 0.3) is 0 Å². The predicted molar refractivity (Wildman–Crippen MR) is 100.0 cm³/mol. The van der Waals surface area contributed by atoms with Crippen molar-refractivity contribution in [2.75, 3.05) is 26.2 Å². The van der Waals surface area contributed by atoms with Crippen molar-refractivity contribution in [1.82, 2.24) is 9.80 Å². The largest absolute Gasteiger partial charge is 0.480 e. The summed E-state index contributed by atoms with van der Waals surface area (Å²) in [6.07, 6.45) is 0. The molecule has 5 heteroatoms. The zero-order chi connectivity index (χ0) is 17.8. The van der Waals surface area contributed by atoms with Crippen LogP contribution in [0, 0.1) is 0 Å². The molecule has 0 bridgehead atoms. The lowest BCUT2D eigenvalue weighted by atomic mass is 9.96. The number of nitrogens with zero attached hydrogens (tertiary/aromatic N) is 2. The molecule has 0 saturated carbocycles. The highest BCUT2D eigenvalue weighted by Gasteiger charge is 2.30. The van der Waals surface area contributed by atoms with Gasteiger partial charge in [0.05, 0.1) is 6.04 Å². The van der Waals surface area contributed by atoms with Crippen LogP contribution in [0.5, 0.6) is 0 Å². The Morgan fingerprint density at radius 3 is 2.12 bits per heavy atom. The number of carboxylic acids is 1. The van der Waals surface area contributed by atoms with E-state index in [2.05, 4.69) is 23.1 Å². The molecule has 3 rings (SSSR count). The number of aliphatic carboxylic acids is 1. The van der Waals surface area contributed by atoms with E-state index in [9.17, 15) is 9.90 Å². The van der Waals surface area contributed by atoms with Gasteiger partial charge < -0.3 is 5.11 Å². The van der Waals surface area contributed by atoms with Gasteiger partial charge in [0.15, 0.2) is 0 Å². The molecule has 1 fully saturated rings. The van der Waals surface area contributed by atoms with Crippen LogP contribution in [-0.2, 0) is 4.79 Å². The third kappa shape index (κ3) is 4.03. The summed E-state index contributed by atoms with van der Waals surface area (Å²) in [5.74, 6) is -0.765. The number of benzene rings is 2. The molecule has 0 aliphatic carbocycles. The predicted octanol–water partition coefficient (Wildman–Crippen LogP) is 3.52. The van der Waals surface area contributed by atoms with Crippen LogP contribution in [0.4, 0.5) is 0 Å². The molecular formula is C20H23ClN2O2. The van der Waals surface area contributed by atoms with Crippen LogP contribution < -0.4 is 0 Å². The zero-order valence-electron chi connectivity index (χ0n) is 14.3. The first-order chi connectivity index (χ1) is 12.1. The van der Waals surface area contributed by atoms with Gasteiger partial charge in [-0.05, 0) is 24.1 Å². The maximum atomic E-state index is 11.2. The van der Waals surface area contributed by atoms with Crippen LogP contribution >= 0.6 is 11.6 Å². The SMILES string of the molecule is CC(C(=O)O)N1CCN(C(c2ccccc2)c2ccccc2Cl)CC1. The first-order valence-corrected chi connectivity index (χ1v) is 8.96. The van der Waals surface area contributed by atoms with Crippen LogP contribution in [0.3, 0.4) is 0 Å². The van der Waals surface area contributed by atoms with Crippen LogP contribution in [-0.4, -0.2) is 53.1 Å². The molecule has 2 atom stereocenters. The van der Waals surface area contributed by atoms with Gasteiger partial charge in [0.25, 0.3) is 0 Å². The first-order valence-electron chi connectivity index (χ1n) is 8.58. The van der Waals surface area contributed by atoms with Crippen molar-refractivity contribution in [3.8, 4) is 0 Å². The van der Waals surface area contributed by atoms with Crippen molar-refractivity contribution >= 4 is 17.6 Å². The molecule has 2 unspecified atom stereocenters. The van der Waals surface area contributed by atoms with Crippen LogP contribution in [0.2, 0.25) is 5.02 Å². The summed E-state index contributed by atoms with van der Waals surface area (Å²) in [4.78, 5) is 15.6. The summed E-state index contributed by atoms with van der Waals surface area (Å²) in [7, 11) is 0. The summed E-state index contributed by atoms with van der Waals surface area (Å²) in [6.45, 7) is 4.84. The van der Waals surface area contributed by atoms with Gasteiger partial charge in [0, 0.05) is 31.2 Å². The van der Waals surface area contributed by atoms with Gasteiger partial charge in [-0.25, -0.2) is 0 Å². The number of piperazine rings is 1. The number of rotatable bonds is 5. The second-order valence-corrected chi connectivity index (χ2v) is 6.83. The second kappa shape index (κ2) is 8.00. The molecule has 0 amide bonds. The highest BCUT2D eigenvalue weighted by atomic mass is 35.5. The normalized spacial score (nSPS) is 18.6. The summed E-state index contributed by atoms with van der Waals surface area (Å²) >= 11 is 6.49. The molecular weight excluding hydrogens is 336 g/mol. The summed E-state index contributed by atoms with van der Waals surface area (Å²) in [6, 6.07) is 17.9. The Balaban J connectivity index is 1.85. The van der Waals surface area contributed by atoms with E-state index in [-0.39, 0.29) is 6.04 Å². The average molecular weight is 359 g/mol. The topological polar surface area (TPSA) is 43.8 Å². The van der Waals surface area contributed by atoms with Gasteiger partial charge in [0.2, 0.25) is 0 Å². The average Bonchev–Trinajstić information content (AvgIpc) is 2.64. The van der Waals surface area contributed by atoms with Crippen molar-refractivity contribution in [2.24, 2.45) is 0 Å². The fourth-order valence-corrected chi connectivity index (χ4v) is 3.70. The molecule has 0 aromatic heterocycles. The molecule has 0 radical (unpaired) electrons. The lowest BCUT2D eigenvalue weighted by Crippen LogP contribution is -2.52. The van der Waals surface area contributed by atoms with E-state index >= 15 is 0 Å². The first kappa shape index (κ1) is 17.9.